The average Bonchev–Trinajstić information content (AvgIpc) is 2.67. The normalized spacial score (nSPS) is 10.5. The number of ether oxygens (including phenoxy) is 1. The Hall–Kier alpha value is -2.80. The lowest BCUT2D eigenvalue weighted by atomic mass is 10.1. The number of hydrogen-bond donors (Lipinski definition) is 2. The monoisotopic (exact) mass is 367 g/mol. The van der Waals surface area contributed by atoms with E-state index in [0.717, 1.165) is 22.8 Å². The first-order chi connectivity index (χ1) is 12.7. The molecule has 3 N–H and O–H groups in total. The molecule has 7 heteroatoms. The number of rotatable bonds is 7. The van der Waals surface area contributed by atoms with Crippen LogP contribution >= 0.6 is 11.8 Å². The third kappa shape index (κ3) is 4.64. The van der Waals surface area contributed by atoms with Gasteiger partial charge in [0, 0.05) is 10.6 Å². The van der Waals surface area contributed by atoms with Crippen molar-refractivity contribution in [3.63, 3.8) is 0 Å². The fourth-order valence-corrected chi connectivity index (χ4v) is 3.20. The number of aryl methyl sites for hydroxylation is 1. The van der Waals surface area contributed by atoms with Gasteiger partial charge in [0.1, 0.15) is 11.6 Å². The van der Waals surface area contributed by atoms with Crippen molar-refractivity contribution in [3.05, 3.63) is 59.9 Å². The summed E-state index contributed by atoms with van der Waals surface area (Å²) in [5.41, 5.74) is 8.04. The van der Waals surface area contributed by atoms with E-state index in [9.17, 15) is 0 Å². The number of anilines is 3. The number of nitrogens with zero attached hydrogens (tertiary/aromatic N) is 3. The molecule has 1 heterocycles. The Bertz CT molecular complexity index is 870. The standard InChI is InChI=1S/C19H21N5OS/c1-3-13-6-4-5-7-16(13)21-19-23-17(22-18(20)24-19)12-26-15-10-8-14(25-2)9-11-15/h4-11H,3,12H2,1-2H3,(H3,20,21,22,23,24). The molecule has 0 amide bonds. The Balaban J connectivity index is 1.72. The van der Waals surface area contributed by atoms with Crippen LogP contribution in [0.1, 0.15) is 18.3 Å². The second-order valence-corrected chi connectivity index (χ2v) is 6.58. The highest BCUT2D eigenvalue weighted by atomic mass is 32.2. The highest BCUT2D eigenvalue weighted by Crippen LogP contribution is 2.25. The number of nitrogen functional groups attached to an aromatic ring is 1. The van der Waals surface area contributed by atoms with Gasteiger partial charge in [-0.1, -0.05) is 25.1 Å². The molecule has 0 fully saturated rings. The highest BCUT2D eigenvalue weighted by molar-refractivity contribution is 7.98. The lowest BCUT2D eigenvalue weighted by Crippen LogP contribution is -2.07. The molecule has 0 saturated carbocycles. The summed E-state index contributed by atoms with van der Waals surface area (Å²) in [4.78, 5) is 14.0. The van der Waals surface area contributed by atoms with Crippen LogP contribution in [0.5, 0.6) is 5.75 Å². The van der Waals surface area contributed by atoms with Gasteiger partial charge < -0.3 is 15.8 Å². The molecule has 0 atom stereocenters. The van der Waals surface area contributed by atoms with E-state index >= 15 is 0 Å². The van der Waals surface area contributed by atoms with Gasteiger partial charge >= 0.3 is 0 Å². The fourth-order valence-electron chi connectivity index (χ4n) is 2.45. The first-order valence-corrected chi connectivity index (χ1v) is 9.28. The summed E-state index contributed by atoms with van der Waals surface area (Å²) in [6.07, 6.45) is 0.921. The maximum atomic E-state index is 5.86. The van der Waals surface area contributed by atoms with Crippen LogP contribution in [-0.2, 0) is 12.2 Å². The number of nitrogens with one attached hydrogen (secondary N) is 1. The summed E-state index contributed by atoms with van der Waals surface area (Å²) in [5.74, 6) is 2.74. The van der Waals surface area contributed by atoms with Crippen molar-refractivity contribution in [1.29, 1.82) is 0 Å². The Morgan fingerprint density at radius 1 is 1.04 bits per heavy atom. The van der Waals surface area contributed by atoms with E-state index in [1.54, 1.807) is 18.9 Å². The van der Waals surface area contributed by atoms with Gasteiger partial charge in [0.2, 0.25) is 11.9 Å². The first-order valence-electron chi connectivity index (χ1n) is 8.30. The molecule has 0 radical (unpaired) electrons. The van der Waals surface area contributed by atoms with Gasteiger partial charge in [0.25, 0.3) is 0 Å². The zero-order valence-corrected chi connectivity index (χ0v) is 15.6. The van der Waals surface area contributed by atoms with Crippen molar-refractivity contribution in [1.82, 2.24) is 15.0 Å². The zero-order valence-electron chi connectivity index (χ0n) is 14.8. The Labute approximate surface area is 157 Å². The second kappa shape index (κ2) is 8.53. The SMILES string of the molecule is CCc1ccccc1Nc1nc(N)nc(CSc2ccc(OC)cc2)n1. The third-order valence-electron chi connectivity index (χ3n) is 3.77. The lowest BCUT2D eigenvalue weighted by Gasteiger charge is -2.10. The minimum atomic E-state index is 0.210. The molecular formula is C19H21N5OS. The van der Waals surface area contributed by atoms with Crippen molar-refractivity contribution in [2.24, 2.45) is 0 Å². The van der Waals surface area contributed by atoms with Crippen molar-refractivity contribution < 1.29 is 4.74 Å². The summed E-state index contributed by atoms with van der Waals surface area (Å²) in [6, 6.07) is 15.9. The van der Waals surface area contributed by atoms with E-state index in [-0.39, 0.29) is 5.95 Å². The fraction of sp³-hybridized carbons (Fsp3) is 0.211. The molecule has 26 heavy (non-hydrogen) atoms. The lowest BCUT2D eigenvalue weighted by molar-refractivity contribution is 0.414. The highest BCUT2D eigenvalue weighted by Gasteiger charge is 2.08. The summed E-state index contributed by atoms with van der Waals surface area (Å²) in [5, 5.41) is 3.25. The number of para-hydroxylation sites is 1. The Morgan fingerprint density at radius 2 is 1.81 bits per heavy atom. The van der Waals surface area contributed by atoms with Gasteiger partial charge in [-0.05, 0) is 42.3 Å². The molecule has 3 rings (SSSR count). The molecule has 0 aliphatic rings. The van der Waals surface area contributed by atoms with Gasteiger partial charge in [-0.3, -0.25) is 0 Å². The predicted octanol–water partition coefficient (Wildman–Crippen LogP) is 4.06. The Kier molecular flexibility index (Phi) is 5.91. The summed E-state index contributed by atoms with van der Waals surface area (Å²) in [6.45, 7) is 2.11. The van der Waals surface area contributed by atoms with E-state index in [0.29, 0.717) is 17.5 Å². The van der Waals surface area contributed by atoms with Crippen LogP contribution in [0.3, 0.4) is 0 Å². The molecule has 0 saturated heterocycles. The van der Waals surface area contributed by atoms with Crippen molar-refractivity contribution in [3.8, 4) is 5.75 Å². The minimum Gasteiger partial charge on any atom is -0.497 e. The largest absolute Gasteiger partial charge is 0.497 e. The number of nitrogens with two attached hydrogens (primary N) is 1. The quantitative estimate of drug-likeness (QED) is 0.609. The molecule has 6 nitrogen and oxygen atoms in total. The molecule has 1 aromatic heterocycles. The smallest absolute Gasteiger partial charge is 0.232 e. The van der Waals surface area contributed by atoms with Crippen LogP contribution < -0.4 is 15.8 Å². The van der Waals surface area contributed by atoms with Crippen LogP contribution in [0, 0.1) is 0 Å². The Morgan fingerprint density at radius 3 is 2.54 bits per heavy atom. The average molecular weight is 367 g/mol. The predicted molar refractivity (Wildman–Crippen MR) is 106 cm³/mol. The molecular weight excluding hydrogens is 346 g/mol. The molecule has 3 aromatic rings. The van der Waals surface area contributed by atoms with Gasteiger partial charge in [-0.15, -0.1) is 11.8 Å². The van der Waals surface area contributed by atoms with E-state index in [1.165, 1.54) is 5.56 Å². The summed E-state index contributed by atoms with van der Waals surface area (Å²) in [7, 11) is 1.65. The van der Waals surface area contributed by atoms with Gasteiger partial charge in [-0.2, -0.15) is 15.0 Å². The second-order valence-electron chi connectivity index (χ2n) is 5.53. The molecule has 0 unspecified atom stereocenters. The third-order valence-corrected chi connectivity index (χ3v) is 4.78. The summed E-state index contributed by atoms with van der Waals surface area (Å²) >= 11 is 1.63. The zero-order chi connectivity index (χ0) is 18.4. The molecule has 134 valence electrons. The van der Waals surface area contributed by atoms with Crippen LogP contribution in [-0.4, -0.2) is 22.1 Å². The number of thioether (sulfide) groups is 1. The van der Waals surface area contributed by atoms with Gasteiger partial charge in [0.15, 0.2) is 0 Å². The van der Waals surface area contributed by atoms with Gasteiger partial charge in [0.05, 0.1) is 12.9 Å². The van der Waals surface area contributed by atoms with Crippen molar-refractivity contribution in [2.75, 3.05) is 18.2 Å². The molecule has 0 aliphatic heterocycles. The number of aromatic nitrogens is 3. The maximum absolute atomic E-state index is 5.86. The van der Waals surface area contributed by atoms with Crippen molar-refractivity contribution in [2.45, 2.75) is 24.0 Å². The summed E-state index contributed by atoms with van der Waals surface area (Å²) < 4.78 is 5.17. The van der Waals surface area contributed by atoms with Crippen LogP contribution in [0.15, 0.2) is 53.4 Å². The minimum absolute atomic E-state index is 0.210. The van der Waals surface area contributed by atoms with E-state index < -0.39 is 0 Å². The van der Waals surface area contributed by atoms with Crippen LogP contribution in [0.4, 0.5) is 17.6 Å². The number of benzene rings is 2. The van der Waals surface area contributed by atoms with Gasteiger partial charge in [-0.25, -0.2) is 0 Å². The maximum Gasteiger partial charge on any atom is 0.232 e. The molecule has 2 aromatic carbocycles. The first kappa shape index (κ1) is 18.0. The van der Waals surface area contributed by atoms with Crippen molar-refractivity contribution >= 4 is 29.3 Å². The van der Waals surface area contributed by atoms with E-state index in [1.807, 2.05) is 42.5 Å². The number of methoxy groups -OCH3 is 1. The molecule has 0 bridgehead atoms. The molecule has 0 spiro atoms. The topological polar surface area (TPSA) is 86.0 Å². The van der Waals surface area contributed by atoms with Crippen LogP contribution in [0.2, 0.25) is 0 Å². The van der Waals surface area contributed by atoms with E-state index in [4.69, 9.17) is 10.5 Å². The number of hydrogen-bond acceptors (Lipinski definition) is 7. The van der Waals surface area contributed by atoms with Crippen LogP contribution in [0.25, 0.3) is 0 Å². The molecule has 0 aliphatic carbocycles. The van der Waals surface area contributed by atoms with E-state index in [2.05, 4.69) is 33.3 Å².